The largest absolute Gasteiger partial charge is 0.352 e. The van der Waals surface area contributed by atoms with E-state index in [2.05, 4.69) is 32.6 Å². The Hall–Kier alpha value is -1.36. The number of halogens is 2. The molecule has 0 amide bonds. The molecule has 106 valence electrons. The SMILES string of the molecule is S=C1NC(c2ccc(Br)cc2)=C[C@@H](c2ccccc2Cl)N1. The Morgan fingerprint density at radius 2 is 1.76 bits per heavy atom. The number of rotatable bonds is 2. The summed E-state index contributed by atoms with van der Waals surface area (Å²) in [5.41, 5.74) is 3.08. The van der Waals surface area contributed by atoms with Crippen molar-refractivity contribution in [3.63, 3.8) is 0 Å². The van der Waals surface area contributed by atoms with Crippen LogP contribution in [0.5, 0.6) is 0 Å². The summed E-state index contributed by atoms with van der Waals surface area (Å²) in [6.07, 6.45) is 2.10. The minimum absolute atomic E-state index is 0.0360. The van der Waals surface area contributed by atoms with Gasteiger partial charge in [0.25, 0.3) is 0 Å². The molecule has 3 rings (SSSR count). The van der Waals surface area contributed by atoms with Gasteiger partial charge in [-0.05, 0) is 47.6 Å². The molecule has 0 aliphatic carbocycles. The lowest BCUT2D eigenvalue weighted by Gasteiger charge is -2.26. The molecule has 0 saturated heterocycles. The first-order valence-electron chi connectivity index (χ1n) is 6.43. The van der Waals surface area contributed by atoms with Gasteiger partial charge in [-0.1, -0.05) is 57.9 Å². The lowest BCUT2D eigenvalue weighted by Crippen LogP contribution is -2.40. The smallest absolute Gasteiger partial charge is 0.171 e. The minimum atomic E-state index is -0.0360. The van der Waals surface area contributed by atoms with Crippen molar-refractivity contribution < 1.29 is 0 Å². The van der Waals surface area contributed by atoms with Gasteiger partial charge >= 0.3 is 0 Å². The average Bonchev–Trinajstić information content (AvgIpc) is 2.48. The zero-order chi connectivity index (χ0) is 14.8. The van der Waals surface area contributed by atoms with Crippen LogP contribution in [0.4, 0.5) is 0 Å². The van der Waals surface area contributed by atoms with Gasteiger partial charge in [0.1, 0.15) is 0 Å². The molecule has 2 nitrogen and oxygen atoms in total. The van der Waals surface area contributed by atoms with Gasteiger partial charge in [-0.15, -0.1) is 0 Å². The molecular weight excluding hydrogens is 368 g/mol. The summed E-state index contributed by atoms with van der Waals surface area (Å²) in [6, 6.07) is 15.8. The number of hydrogen-bond donors (Lipinski definition) is 2. The summed E-state index contributed by atoms with van der Waals surface area (Å²) in [5, 5.41) is 7.75. The van der Waals surface area contributed by atoms with E-state index in [-0.39, 0.29) is 6.04 Å². The quantitative estimate of drug-likeness (QED) is 0.742. The molecule has 2 N–H and O–H groups in total. The molecule has 2 aromatic rings. The van der Waals surface area contributed by atoms with E-state index in [4.69, 9.17) is 23.8 Å². The Morgan fingerprint density at radius 1 is 1.05 bits per heavy atom. The Labute approximate surface area is 142 Å². The predicted molar refractivity (Wildman–Crippen MR) is 95.2 cm³/mol. The third-order valence-corrected chi connectivity index (χ3v) is 4.36. The number of benzene rings is 2. The van der Waals surface area contributed by atoms with Crippen molar-refractivity contribution in [2.45, 2.75) is 6.04 Å². The van der Waals surface area contributed by atoms with Crippen LogP contribution in [-0.2, 0) is 0 Å². The molecule has 21 heavy (non-hydrogen) atoms. The molecule has 1 heterocycles. The Morgan fingerprint density at radius 3 is 2.48 bits per heavy atom. The highest BCUT2D eigenvalue weighted by Gasteiger charge is 2.20. The fourth-order valence-corrected chi connectivity index (χ4v) is 3.00. The van der Waals surface area contributed by atoms with Gasteiger partial charge in [0.15, 0.2) is 5.11 Å². The van der Waals surface area contributed by atoms with Crippen LogP contribution in [0.25, 0.3) is 5.70 Å². The van der Waals surface area contributed by atoms with E-state index in [1.807, 2.05) is 48.5 Å². The summed E-state index contributed by atoms with van der Waals surface area (Å²) in [6.45, 7) is 0. The standard InChI is InChI=1S/C16H12BrClN2S/c17-11-7-5-10(6-8-11)14-9-15(20-16(21)19-14)12-3-1-2-4-13(12)18/h1-9,15H,(H2,19,20,21)/t15-/m0/s1. The molecule has 1 atom stereocenters. The van der Waals surface area contributed by atoms with E-state index in [1.54, 1.807) is 0 Å². The second kappa shape index (κ2) is 6.18. The van der Waals surface area contributed by atoms with Crippen LogP contribution in [0.15, 0.2) is 59.1 Å². The van der Waals surface area contributed by atoms with Crippen molar-refractivity contribution in [1.29, 1.82) is 0 Å². The van der Waals surface area contributed by atoms with E-state index in [0.29, 0.717) is 5.11 Å². The van der Waals surface area contributed by atoms with Crippen molar-refractivity contribution in [3.05, 3.63) is 75.2 Å². The molecule has 5 heteroatoms. The van der Waals surface area contributed by atoms with Gasteiger partial charge in [-0.2, -0.15) is 0 Å². The minimum Gasteiger partial charge on any atom is -0.352 e. The van der Waals surface area contributed by atoms with Crippen LogP contribution >= 0.6 is 39.7 Å². The van der Waals surface area contributed by atoms with Crippen LogP contribution in [-0.4, -0.2) is 5.11 Å². The fraction of sp³-hybridized carbons (Fsp3) is 0.0625. The molecule has 0 unspecified atom stereocenters. The Kier molecular flexibility index (Phi) is 4.29. The summed E-state index contributed by atoms with van der Waals surface area (Å²) >= 11 is 15.0. The highest BCUT2D eigenvalue weighted by atomic mass is 79.9. The van der Waals surface area contributed by atoms with E-state index in [9.17, 15) is 0 Å². The zero-order valence-corrected chi connectivity index (χ0v) is 14.1. The highest BCUT2D eigenvalue weighted by molar-refractivity contribution is 9.10. The van der Waals surface area contributed by atoms with E-state index in [0.717, 1.165) is 26.3 Å². The lowest BCUT2D eigenvalue weighted by molar-refractivity contribution is 0.766. The maximum absolute atomic E-state index is 6.28. The summed E-state index contributed by atoms with van der Waals surface area (Å²) in [5.74, 6) is 0. The third kappa shape index (κ3) is 3.28. The fourth-order valence-electron chi connectivity index (χ4n) is 2.24. The second-order valence-electron chi connectivity index (χ2n) is 4.68. The highest BCUT2D eigenvalue weighted by Crippen LogP contribution is 2.28. The molecule has 1 aliphatic heterocycles. The maximum atomic E-state index is 6.28. The average molecular weight is 380 g/mol. The molecule has 0 fully saturated rings. The first-order valence-corrected chi connectivity index (χ1v) is 8.01. The number of nitrogens with one attached hydrogen (secondary N) is 2. The van der Waals surface area contributed by atoms with Gasteiger partial charge in [-0.25, -0.2) is 0 Å². The first-order chi connectivity index (χ1) is 10.1. The molecule has 0 bridgehead atoms. The van der Waals surface area contributed by atoms with Gasteiger partial charge in [0.05, 0.1) is 6.04 Å². The molecule has 0 saturated carbocycles. The second-order valence-corrected chi connectivity index (χ2v) is 6.42. The molecule has 0 spiro atoms. The van der Waals surface area contributed by atoms with Crippen LogP contribution in [0.3, 0.4) is 0 Å². The van der Waals surface area contributed by atoms with Crippen LogP contribution < -0.4 is 10.6 Å². The summed E-state index contributed by atoms with van der Waals surface area (Å²) in [4.78, 5) is 0. The third-order valence-electron chi connectivity index (χ3n) is 3.26. The summed E-state index contributed by atoms with van der Waals surface area (Å²) in [7, 11) is 0. The van der Waals surface area contributed by atoms with E-state index < -0.39 is 0 Å². The predicted octanol–water partition coefficient (Wildman–Crippen LogP) is 4.66. The van der Waals surface area contributed by atoms with Gasteiger partial charge in [0.2, 0.25) is 0 Å². The molecule has 1 aliphatic rings. The molecule has 2 aromatic carbocycles. The van der Waals surface area contributed by atoms with Crippen molar-refractivity contribution in [1.82, 2.24) is 10.6 Å². The molecule has 0 aromatic heterocycles. The first kappa shape index (κ1) is 14.6. The monoisotopic (exact) mass is 378 g/mol. The Balaban J connectivity index is 1.99. The van der Waals surface area contributed by atoms with E-state index >= 15 is 0 Å². The van der Waals surface area contributed by atoms with E-state index in [1.165, 1.54) is 0 Å². The van der Waals surface area contributed by atoms with Crippen molar-refractivity contribution in [2.75, 3.05) is 0 Å². The normalized spacial score (nSPS) is 17.7. The number of hydrogen-bond acceptors (Lipinski definition) is 1. The van der Waals surface area contributed by atoms with Gasteiger partial charge in [-0.3, -0.25) is 0 Å². The van der Waals surface area contributed by atoms with Gasteiger partial charge in [0, 0.05) is 15.2 Å². The van der Waals surface area contributed by atoms with Crippen molar-refractivity contribution in [3.8, 4) is 0 Å². The Bertz CT molecular complexity index is 712. The zero-order valence-electron chi connectivity index (χ0n) is 10.9. The summed E-state index contributed by atoms with van der Waals surface area (Å²) < 4.78 is 1.05. The van der Waals surface area contributed by atoms with Crippen LogP contribution in [0.1, 0.15) is 17.2 Å². The van der Waals surface area contributed by atoms with Gasteiger partial charge < -0.3 is 10.6 Å². The lowest BCUT2D eigenvalue weighted by atomic mass is 10.0. The van der Waals surface area contributed by atoms with Crippen molar-refractivity contribution >= 4 is 50.6 Å². The molecule has 0 radical (unpaired) electrons. The molecular formula is C16H12BrClN2S. The number of thiocarbonyl (C=S) groups is 1. The maximum Gasteiger partial charge on any atom is 0.171 e. The van der Waals surface area contributed by atoms with Crippen LogP contribution in [0, 0.1) is 0 Å². The topological polar surface area (TPSA) is 24.1 Å². The van der Waals surface area contributed by atoms with Crippen molar-refractivity contribution in [2.24, 2.45) is 0 Å². The van der Waals surface area contributed by atoms with Crippen LogP contribution in [0.2, 0.25) is 5.02 Å².